The highest BCUT2D eigenvalue weighted by Gasteiger charge is 2.46. The van der Waals surface area contributed by atoms with E-state index >= 15 is 0 Å². The molecule has 10 heteroatoms. The minimum Gasteiger partial charge on any atom is -0.497 e. The Kier molecular flexibility index (Phi) is 7.52. The number of nitrogens with one attached hydrogen (secondary N) is 1. The van der Waals surface area contributed by atoms with Crippen molar-refractivity contribution in [2.45, 2.75) is 12.3 Å². The van der Waals surface area contributed by atoms with Crippen LogP contribution in [-0.4, -0.2) is 40.0 Å². The molecule has 45 heavy (non-hydrogen) atoms. The van der Waals surface area contributed by atoms with Crippen LogP contribution in [0.25, 0.3) is 39.8 Å². The molecule has 7 rings (SSSR count). The van der Waals surface area contributed by atoms with Crippen LogP contribution in [0.4, 0.5) is 5.69 Å². The zero-order valence-corrected chi connectivity index (χ0v) is 25.2. The van der Waals surface area contributed by atoms with Crippen molar-refractivity contribution < 1.29 is 18.8 Å². The van der Waals surface area contributed by atoms with E-state index in [0.29, 0.717) is 40.2 Å². The Morgan fingerprint density at radius 3 is 2.44 bits per heavy atom. The van der Waals surface area contributed by atoms with Crippen LogP contribution in [0.5, 0.6) is 11.5 Å². The van der Waals surface area contributed by atoms with Crippen LogP contribution in [0, 0.1) is 5.92 Å². The molecule has 0 bridgehead atoms. The second-order valence-electron chi connectivity index (χ2n) is 10.7. The molecular weight excluding hydrogens is 590 g/mol. The number of amides is 1. The maximum absolute atomic E-state index is 13.6. The largest absolute Gasteiger partial charge is 0.497 e. The van der Waals surface area contributed by atoms with Crippen molar-refractivity contribution in [1.82, 2.24) is 19.9 Å². The molecule has 0 spiro atoms. The van der Waals surface area contributed by atoms with Gasteiger partial charge in [-0.15, -0.1) is 0 Å². The van der Waals surface area contributed by atoms with Crippen LogP contribution in [0.2, 0.25) is 5.02 Å². The SMILES string of the molecule is COc1ccc(-c2noc(-c3ccccc3NC(=O)C3CC3c3cn(-c4ccccc4)nc3-c3ccc(OC)c(Cl)c3)n2)cc1. The van der Waals surface area contributed by atoms with E-state index in [1.165, 1.54) is 0 Å². The van der Waals surface area contributed by atoms with E-state index in [-0.39, 0.29) is 17.7 Å². The summed E-state index contributed by atoms with van der Waals surface area (Å²) in [5.41, 5.74) is 5.56. The van der Waals surface area contributed by atoms with E-state index < -0.39 is 0 Å². The first-order valence-corrected chi connectivity index (χ1v) is 14.8. The fourth-order valence-electron chi connectivity index (χ4n) is 5.43. The third-order valence-electron chi connectivity index (χ3n) is 7.90. The summed E-state index contributed by atoms with van der Waals surface area (Å²) in [5.74, 6) is 1.73. The lowest BCUT2D eigenvalue weighted by atomic mass is 10.0. The number of hydrogen-bond acceptors (Lipinski definition) is 7. The molecule has 0 aliphatic heterocycles. The molecule has 1 N–H and O–H groups in total. The fraction of sp³-hybridized carbons (Fsp3) is 0.143. The van der Waals surface area contributed by atoms with E-state index in [1.54, 1.807) is 14.2 Å². The zero-order chi connectivity index (χ0) is 30.9. The van der Waals surface area contributed by atoms with E-state index in [4.69, 9.17) is 30.7 Å². The van der Waals surface area contributed by atoms with Crippen molar-refractivity contribution in [3.05, 3.63) is 114 Å². The number of anilines is 1. The van der Waals surface area contributed by atoms with Gasteiger partial charge in [-0.3, -0.25) is 4.79 Å². The van der Waals surface area contributed by atoms with Crippen molar-refractivity contribution in [2.24, 2.45) is 5.92 Å². The lowest BCUT2D eigenvalue weighted by Gasteiger charge is -2.09. The summed E-state index contributed by atoms with van der Waals surface area (Å²) in [6.45, 7) is 0. The Hall–Kier alpha value is -5.41. The highest BCUT2D eigenvalue weighted by molar-refractivity contribution is 6.32. The van der Waals surface area contributed by atoms with Gasteiger partial charge in [0.15, 0.2) is 0 Å². The number of ether oxygens (including phenoxy) is 2. The molecule has 6 aromatic rings. The predicted octanol–water partition coefficient (Wildman–Crippen LogP) is 7.67. The second-order valence-corrected chi connectivity index (χ2v) is 11.1. The monoisotopic (exact) mass is 617 g/mol. The number of hydrogen-bond donors (Lipinski definition) is 1. The van der Waals surface area contributed by atoms with Gasteiger partial charge in [-0.2, -0.15) is 10.1 Å². The number of halogens is 1. The Morgan fingerprint density at radius 1 is 0.933 bits per heavy atom. The molecule has 2 atom stereocenters. The van der Waals surface area contributed by atoms with Gasteiger partial charge in [-0.05, 0) is 73.2 Å². The maximum Gasteiger partial charge on any atom is 0.260 e. The number of rotatable bonds is 9. The molecule has 1 aliphatic rings. The molecule has 2 heterocycles. The standard InChI is InChI=1S/C35H28ClN5O4/c1-43-24-15-12-21(13-16-24)33-38-35(45-40-33)25-10-6-7-11-30(25)37-34(42)27-19-26(27)28-20-41(23-8-4-3-5-9-23)39-32(28)22-14-17-31(44-2)29(36)18-22/h3-18,20,26-27H,19H2,1-2H3,(H,37,42). The molecule has 1 aliphatic carbocycles. The average molecular weight is 618 g/mol. The molecule has 0 saturated heterocycles. The Bertz CT molecular complexity index is 1990. The predicted molar refractivity (Wildman–Crippen MR) is 172 cm³/mol. The maximum atomic E-state index is 13.6. The van der Waals surface area contributed by atoms with Gasteiger partial charge in [0.25, 0.3) is 5.89 Å². The third-order valence-corrected chi connectivity index (χ3v) is 8.20. The first kappa shape index (κ1) is 28.4. The molecule has 0 radical (unpaired) electrons. The Balaban J connectivity index is 1.14. The fourth-order valence-corrected chi connectivity index (χ4v) is 5.69. The molecule has 2 aromatic heterocycles. The molecule has 224 valence electrons. The first-order chi connectivity index (χ1) is 22.0. The minimum atomic E-state index is -0.239. The number of aromatic nitrogens is 4. The third kappa shape index (κ3) is 5.65. The van der Waals surface area contributed by atoms with Crippen LogP contribution in [0.15, 0.2) is 108 Å². The van der Waals surface area contributed by atoms with Gasteiger partial charge in [0.05, 0.1) is 41.9 Å². The summed E-state index contributed by atoms with van der Waals surface area (Å²) in [4.78, 5) is 18.2. The number of nitrogens with zero attached hydrogens (tertiary/aromatic N) is 4. The molecule has 2 unspecified atom stereocenters. The normalized spacial score (nSPS) is 15.4. The smallest absolute Gasteiger partial charge is 0.260 e. The number of para-hydroxylation sites is 2. The lowest BCUT2D eigenvalue weighted by molar-refractivity contribution is -0.117. The molecule has 4 aromatic carbocycles. The van der Waals surface area contributed by atoms with Crippen LogP contribution in [0.1, 0.15) is 17.9 Å². The Labute approximate surface area is 264 Å². The molecule has 1 amide bonds. The summed E-state index contributed by atoms with van der Waals surface area (Å²) in [7, 11) is 3.20. The van der Waals surface area contributed by atoms with E-state index in [0.717, 1.165) is 33.8 Å². The molecule has 1 saturated carbocycles. The quantitative estimate of drug-likeness (QED) is 0.177. The highest BCUT2D eigenvalue weighted by atomic mass is 35.5. The van der Waals surface area contributed by atoms with Gasteiger partial charge in [0.2, 0.25) is 11.7 Å². The summed E-state index contributed by atoms with van der Waals surface area (Å²) in [6.07, 6.45) is 2.70. The van der Waals surface area contributed by atoms with Crippen molar-refractivity contribution >= 4 is 23.2 Å². The number of benzene rings is 4. The zero-order valence-electron chi connectivity index (χ0n) is 24.5. The highest BCUT2D eigenvalue weighted by Crippen LogP contribution is 2.51. The van der Waals surface area contributed by atoms with Crippen molar-refractivity contribution in [3.8, 4) is 51.3 Å². The minimum absolute atomic E-state index is 0.0180. The molecule has 9 nitrogen and oxygen atoms in total. The topological polar surface area (TPSA) is 104 Å². The van der Waals surface area contributed by atoms with Gasteiger partial charge in [-0.1, -0.05) is 47.1 Å². The van der Waals surface area contributed by atoms with Gasteiger partial charge in [0, 0.05) is 34.7 Å². The Morgan fingerprint density at radius 2 is 1.69 bits per heavy atom. The first-order valence-electron chi connectivity index (χ1n) is 14.4. The van der Waals surface area contributed by atoms with E-state index in [9.17, 15) is 4.79 Å². The van der Waals surface area contributed by atoms with E-state index in [1.807, 2.05) is 108 Å². The second kappa shape index (κ2) is 11.9. The van der Waals surface area contributed by atoms with Crippen LogP contribution < -0.4 is 14.8 Å². The van der Waals surface area contributed by atoms with Crippen LogP contribution >= 0.6 is 11.6 Å². The lowest BCUT2D eigenvalue weighted by Crippen LogP contribution is -2.15. The number of carbonyl (C=O) groups is 1. The van der Waals surface area contributed by atoms with E-state index in [2.05, 4.69) is 15.5 Å². The average Bonchev–Trinajstić information content (AvgIpc) is 3.50. The summed E-state index contributed by atoms with van der Waals surface area (Å²) in [6, 6.07) is 30.3. The summed E-state index contributed by atoms with van der Waals surface area (Å²) in [5, 5.41) is 12.7. The number of methoxy groups -OCH3 is 2. The van der Waals surface area contributed by atoms with Gasteiger partial charge >= 0.3 is 0 Å². The van der Waals surface area contributed by atoms with Crippen molar-refractivity contribution in [2.75, 3.05) is 19.5 Å². The van der Waals surface area contributed by atoms with Gasteiger partial charge < -0.3 is 19.3 Å². The van der Waals surface area contributed by atoms with Gasteiger partial charge in [0.1, 0.15) is 11.5 Å². The van der Waals surface area contributed by atoms with Crippen LogP contribution in [-0.2, 0) is 4.79 Å². The summed E-state index contributed by atoms with van der Waals surface area (Å²) < 4.78 is 18.0. The summed E-state index contributed by atoms with van der Waals surface area (Å²) >= 11 is 6.49. The number of carbonyl (C=O) groups excluding carboxylic acids is 1. The van der Waals surface area contributed by atoms with Crippen molar-refractivity contribution in [3.63, 3.8) is 0 Å². The van der Waals surface area contributed by atoms with Crippen LogP contribution in [0.3, 0.4) is 0 Å². The van der Waals surface area contributed by atoms with Gasteiger partial charge in [-0.25, -0.2) is 4.68 Å². The molecule has 1 fully saturated rings. The molecular formula is C35H28ClN5O4. The van der Waals surface area contributed by atoms with Crippen molar-refractivity contribution in [1.29, 1.82) is 0 Å².